The largest absolute Gasteiger partial charge is 0.519 e. The molecule has 1 aliphatic rings. The number of nitrogens with one attached hydrogen (secondary N) is 1. The Bertz CT molecular complexity index is 625. The van der Waals surface area contributed by atoms with Gasteiger partial charge < -0.3 is 15.3 Å². The highest BCUT2D eigenvalue weighted by atomic mass is 19.4. The maximum Gasteiger partial charge on any atom is 0.519 e. The van der Waals surface area contributed by atoms with Crippen LogP contribution in [0.2, 0.25) is 0 Å². The number of aromatic nitrogens is 2. The average molecular weight is 422 g/mol. The smallest absolute Gasteiger partial charge is 0.358 e. The first kappa shape index (κ1) is 26.8. The lowest BCUT2D eigenvalue weighted by Gasteiger charge is -2.33. The minimum absolute atomic E-state index is 0.161. The molecule has 29 heavy (non-hydrogen) atoms. The van der Waals surface area contributed by atoms with Crippen LogP contribution in [0.4, 0.5) is 23.4 Å². The number of halogens is 4. The van der Waals surface area contributed by atoms with Crippen molar-refractivity contribution in [2.45, 2.75) is 65.8 Å². The van der Waals surface area contributed by atoms with Gasteiger partial charge >= 0.3 is 6.36 Å². The first-order chi connectivity index (χ1) is 13.6. The third kappa shape index (κ3) is 11.4. The van der Waals surface area contributed by atoms with Gasteiger partial charge in [-0.05, 0) is 33.1 Å². The predicted molar refractivity (Wildman–Crippen MR) is 104 cm³/mol. The van der Waals surface area contributed by atoms with E-state index in [0.29, 0.717) is 6.33 Å². The Hall–Kier alpha value is -2.23. The maximum atomic E-state index is 12.2. The molecule has 0 aromatic carbocycles. The zero-order chi connectivity index (χ0) is 22.4. The van der Waals surface area contributed by atoms with Gasteiger partial charge in [0.1, 0.15) is 18.2 Å². The van der Waals surface area contributed by atoms with Crippen molar-refractivity contribution >= 4 is 11.7 Å². The van der Waals surface area contributed by atoms with Gasteiger partial charge in [0.2, 0.25) is 5.91 Å². The SMILES string of the molecule is C/C=C/F.CCCc1ncnc(N[C@H](C)C(=O)N2CCC2)c1CC.OC(F)(F)F. The van der Waals surface area contributed by atoms with Gasteiger partial charge in [0.15, 0.2) is 0 Å². The lowest BCUT2D eigenvalue weighted by atomic mass is 10.1. The summed E-state index contributed by atoms with van der Waals surface area (Å²) >= 11 is 0. The van der Waals surface area contributed by atoms with E-state index >= 15 is 0 Å². The number of amides is 1. The van der Waals surface area contributed by atoms with Crippen molar-refractivity contribution < 1.29 is 27.5 Å². The number of anilines is 1. The topological polar surface area (TPSA) is 78.4 Å². The molecule has 1 amide bonds. The standard InChI is InChI=1S/C15H24N4O.C3H5F.CHF3O/c1-4-7-13-12(5-2)14(17-10-16-13)18-11(3)15(20)19-8-6-9-19;1-2-3-4;2-1(3,4)5/h10-11H,4-9H2,1-3H3,(H,16,17,18);2-3H,1H3;5H/b;3-2+;/t11-;;/m1../s1. The third-order valence-corrected chi connectivity index (χ3v) is 3.89. The molecule has 0 bridgehead atoms. The summed E-state index contributed by atoms with van der Waals surface area (Å²) in [6.07, 6.45) is 2.43. The molecular formula is C19H30F4N4O2. The van der Waals surface area contributed by atoms with Crippen LogP contribution in [0.1, 0.15) is 51.8 Å². The zero-order valence-electron chi connectivity index (χ0n) is 17.3. The van der Waals surface area contributed by atoms with Crippen molar-refractivity contribution in [1.29, 1.82) is 0 Å². The Labute approximate surface area is 169 Å². The van der Waals surface area contributed by atoms with Crippen LogP contribution in [0.5, 0.6) is 0 Å². The van der Waals surface area contributed by atoms with Crippen LogP contribution < -0.4 is 5.32 Å². The molecule has 0 aliphatic carbocycles. The van der Waals surface area contributed by atoms with Crippen LogP contribution in [0.25, 0.3) is 0 Å². The van der Waals surface area contributed by atoms with E-state index in [-0.39, 0.29) is 11.9 Å². The van der Waals surface area contributed by atoms with Crippen molar-refractivity contribution in [2.24, 2.45) is 0 Å². The quantitative estimate of drug-likeness (QED) is 0.678. The summed E-state index contributed by atoms with van der Waals surface area (Å²) in [6.45, 7) is 9.55. The first-order valence-corrected chi connectivity index (χ1v) is 9.47. The van der Waals surface area contributed by atoms with Crippen molar-refractivity contribution in [3.8, 4) is 0 Å². The lowest BCUT2D eigenvalue weighted by molar-refractivity contribution is -0.295. The van der Waals surface area contributed by atoms with Crippen LogP contribution in [-0.2, 0) is 17.6 Å². The number of alkyl halides is 3. The fraction of sp³-hybridized carbons (Fsp3) is 0.632. The van der Waals surface area contributed by atoms with E-state index in [9.17, 15) is 22.4 Å². The van der Waals surface area contributed by atoms with Crippen LogP contribution in [0.15, 0.2) is 18.7 Å². The summed E-state index contributed by atoms with van der Waals surface area (Å²) < 4.78 is 40.3. The van der Waals surface area contributed by atoms with Gasteiger partial charge in [-0.15, -0.1) is 13.2 Å². The molecule has 1 aromatic heterocycles. The van der Waals surface area contributed by atoms with Crippen molar-refractivity contribution in [3.63, 3.8) is 0 Å². The molecule has 1 fully saturated rings. The number of hydrogen-bond donors (Lipinski definition) is 2. The Morgan fingerprint density at radius 2 is 1.90 bits per heavy atom. The Kier molecular flexibility index (Phi) is 12.8. The second-order valence-corrected chi connectivity index (χ2v) is 6.22. The maximum absolute atomic E-state index is 12.2. The van der Waals surface area contributed by atoms with E-state index in [1.54, 1.807) is 13.3 Å². The second-order valence-electron chi connectivity index (χ2n) is 6.22. The Morgan fingerprint density at radius 3 is 2.28 bits per heavy atom. The summed E-state index contributed by atoms with van der Waals surface area (Å²) in [5, 5.41) is 9.79. The Balaban J connectivity index is 0.000000734. The van der Waals surface area contributed by atoms with E-state index < -0.39 is 6.36 Å². The normalized spacial score (nSPS) is 14.2. The molecule has 2 rings (SSSR count). The van der Waals surface area contributed by atoms with E-state index in [1.165, 1.54) is 6.08 Å². The number of rotatable bonds is 6. The van der Waals surface area contributed by atoms with Gasteiger partial charge in [0, 0.05) is 24.3 Å². The highest BCUT2D eigenvalue weighted by Gasteiger charge is 2.25. The lowest BCUT2D eigenvalue weighted by Crippen LogP contribution is -2.48. The fourth-order valence-corrected chi connectivity index (χ4v) is 2.47. The van der Waals surface area contributed by atoms with Gasteiger partial charge in [-0.1, -0.05) is 26.3 Å². The molecule has 1 aromatic rings. The van der Waals surface area contributed by atoms with Crippen molar-refractivity contribution in [3.05, 3.63) is 30.0 Å². The third-order valence-electron chi connectivity index (χ3n) is 3.89. The number of carbonyl (C=O) groups excluding carboxylic acids is 1. The van der Waals surface area contributed by atoms with Crippen molar-refractivity contribution in [2.75, 3.05) is 18.4 Å². The van der Waals surface area contributed by atoms with Crippen molar-refractivity contribution in [1.82, 2.24) is 14.9 Å². The first-order valence-electron chi connectivity index (χ1n) is 9.47. The predicted octanol–water partition coefficient (Wildman–Crippen LogP) is 4.01. The van der Waals surface area contributed by atoms with Crippen LogP contribution in [0.3, 0.4) is 0 Å². The number of hydrogen-bond acceptors (Lipinski definition) is 5. The molecule has 1 atom stereocenters. The van der Waals surface area contributed by atoms with Crippen LogP contribution >= 0.6 is 0 Å². The van der Waals surface area contributed by atoms with E-state index in [0.717, 1.165) is 55.8 Å². The molecule has 1 saturated heterocycles. The number of nitrogens with zero attached hydrogens (tertiary/aromatic N) is 3. The molecule has 0 saturated carbocycles. The van der Waals surface area contributed by atoms with E-state index in [2.05, 4.69) is 29.1 Å². The molecule has 2 N–H and O–H groups in total. The summed E-state index contributed by atoms with van der Waals surface area (Å²) in [5.74, 6) is 0.973. The summed E-state index contributed by atoms with van der Waals surface area (Å²) in [7, 11) is 0. The van der Waals surface area contributed by atoms with Gasteiger partial charge in [-0.3, -0.25) is 4.79 Å². The molecule has 166 valence electrons. The minimum atomic E-state index is -5.00. The highest BCUT2D eigenvalue weighted by Crippen LogP contribution is 2.19. The molecule has 2 heterocycles. The van der Waals surface area contributed by atoms with Gasteiger partial charge in [-0.2, -0.15) is 0 Å². The monoisotopic (exact) mass is 422 g/mol. The molecular weight excluding hydrogens is 392 g/mol. The zero-order valence-corrected chi connectivity index (χ0v) is 17.3. The fourth-order valence-electron chi connectivity index (χ4n) is 2.47. The summed E-state index contributed by atoms with van der Waals surface area (Å²) in [6, 6.07) is -0.232. The molecule has 1 aliphatic heterocycles. The molecule has 0 spiro atoms. The number of allylic oxidation sites excluding steroid dienone is 1. The van der Waals surface area contributed by atoms with Gasteiger partial charge in [0.05, 0.1) is 6.33 Å². The van der Waals surface area contributed by atoms with Crippen LogP contribution in [0, 0.1) is 0 Å². The summed E-state index contributed by atoms with van der Waals surface area (Å²) in [4.78, 5) is 22.7. The number of likely N-dealkylation sites (tertiary alicyclic amines) is 1. The van der Waals surface area contributed by atoms with Gasteiger partial charge in [0.25, 0.3) is 0 Å². The number of aryl methyl sites for hydroxylation is 1. The molecule has 6 nitrogen and oxygen atoms in total. The minimum Gasteiger partial charge on any atom is -0.358 e. The average Bonchev–Trinajstić information content (AvgIpc) is 2.59. The number of aliphatic hydroxyl groups is 1. The Morgan fingerprint density at radius 1 is 1.34 bits per heavy atom. The van der Waals surface area contributed by atoms with E-state index in [4.69, 9.17) is 5.11 Å². The van der Waals surface area contributed by atoms with Gasteiger partial charge in [-0.25, -0.2) is 14.4 Å². The summed E-state index contributed by atoms with van der Waals surface area (Å²) in [5.41, 5.74) is 2.23. The van der Waals surface area contributed by atoms with Crippen LogP contribution in [-0.4, -0.2) is 51.4 Å². The highest BCUT2D eigenvalue weighted by molar-refractivity contribution is 5.84. The van der Waals surface area contributed by atoms with E-state index in [1.807, 2.05) is 11.8 Å². The number of carbonyl (C=O) groups is 1. The second kappa shape index (κ2) is 13.9. The molecule has 0 radical (unpaired) electrons. The molecule has 10 heteroatoms. The molecule has 0 unspecified atom stereocenters.